The first-order valence-corrected chi connectivity index (χ1v) is 6.72. The topological polar surface area (TPSA) is 48.4 Å². The van der Waals surface area contributed by atoms with Crippen molar-refractivity contribution in [2.45, 2.75) is 39.3 Å². The minimum absolute atomic E-state index is 0.433. The van der Waals surface area contributed by atoms with Gasteiger partial charge in [0.2, 0.25) is 0 Å². The Bertz CT molecular complexity index is 502. The standard InChI is InChI=1S/C16H21NO2/c1-3-12(2)14-4-6-15(7-5-14)19-11-16-8-13(9-17)10-18-16/h4-8,10,12H,3,9,11,17H2,1-2H3. The highest BCUT2D eigenvalue weighted by Gasteiger charge is 2.04. The summed E-state index contributed by atoms with van der Waals surface area (Å²) in [5.74, 6) is 2.25. The van der Waals surface area contributed by atoms with Crippen molar-refractivity contribution in [1.82, 2.24) is 0 Å². The van der Waals surface area contributed by atoms with Crippen molar-refractivity contribution < 1.29 is 9.15 Å². The molecule has 2 N–H and O–H groups in total. The number of benzene rings is 1. The summed E-state index contributed by atoms with van der Waals surface area (Å²) in [6, 6.07) is 10.2. The molecule has 102 valence electrons. The van der Waals surface area contributed by atoms with Crippen LogP contribution in [0.25, 0.3) is 0 Å². The molecule has 0 aliphatic rings. The molecule has 1 atom stereocenters. The van der Waals surface area contributed by atoms with Gasteiger partial charge in [0, 0.05) is 12.1 Å². The van der Waals surface area contributed by atoms with Crippen LogP contribution in [0.5, 0.6) is 5.75 Å². The van der Waals surface area contributed by atoms with Gasteiger partial charge in [0.05, 0.1) is 6.26 Å². The van der Waals surface area contributed by atoms with Gasteiger partial charge in [-0.25, -0.2) is 0 Å². The molecule has 2 aromatic rings. The summed E-state index contributed by atoms with van der Waals surface area (Å²) >= 11 is 0. The van der Waals surface area contributed by atoms with Gasteiger partial charge in [-0.15, -0.1) is 0 Å². The van der Waals surface area contributed by atoms with Gasteiger partial charge in [0.15, 0.2) is 0 Å². The summed E-state index contributed by atoms with van der Waals surface area (Å²) < 4.78 is 11.0. The SMILES string of the molecule is CCC(C)c1ccc(OCc2cc(CN)co2)cc1. The van der Waals surface area contributed by atoms with Crippen LogP contribution in [-0.4, -0.2) is 0 Å². The Balaban J connectivity index is 1.92. The van der Waals surface area contributed by atoms with Gasteiger partial charge in [-0.3, -0.25) is 0 Å². The fourth-order valence-electron chi connectivity index (χ4n) is 1.89. The fraction of sp³-hybridized carbons (Fsp3) is 0.375. The lowest BCUT2D eigenvalue weighted by Gasteiger charge is -2.10. The Morgan fingerprint density at radius 2 is 2.00 bits per heavy atom. The van der Waals surface area contributed by atoms with E-state index in [1.807, 2.05) is 18.2 Å². The first kappa shape index (κ1) is 13.7. The third kappa shape index (κ3) is 3.61. The first-order valence-electron chi connectivity index (χ1n) is 6.72. The Kier molecular flexibility index (Phi) is 4.63. The number of ether oxygens (including phenoxy) is 1. The van der Waals surface area contributed by atoms with Gasteiger partial charge >= 0.3 is 0 Å². The molecule has 0 fully saturated rings. The highest BCUT2D eigenvalue weighted by Crippen LogP contribution is 2.22. The number of hydrogen-bond acceptors (Lipinski definition) is 3. The van der Waals surface area contributed by atoms with Crippen LogP contribution in [0.1, 0.15) is 43.1 Å². The van der Waals surface area contributed by atoms with Crippen LogP contribution in [0.3, 0.4) is 0 Å². The van der Waals surface area contributed by atoms with E-state index in [9.17, 15) is 0 Å². The quantitative estimate of drug-likeness (QED) is 0.857. The molecule has 0 amide bonds. The van der Waals surface area contributed by atoms with Gasteiger partial charge < -0.3 is 14.9 Å². The Hall–Kier alpha value is -1.74. The van der Waals surface area contributed by atoms with E-state index in [1.165, 1.54) is 5.56 Å². The van der Waals surface area contributed by atoms with Crippen molar-refractivity contribution in [2.24, 2.45) is 5.73 Å². The van der Waals surface area contributed by atoms with E-state index in [-0.39, 0.29) is 0 Å². The van der Waals surface area contributed by atoms with Crippen molar-refractivity contribution in [3.05, 3.63) is 53.5 Å². The van der Waals surface area contributed by atoms with Crippen molar-refractivity contribution in [2.75, 3.05) is 0 Å². The second kappa shape index (κ2) is 6.43. The summed E-state index contributed by atoms with van der Waals surface area (Å²) in [5.41, 5.74) is 7.86. The second-order valence-corrected chi connectivity index (χ2v) is 4.79. The third-order valence-electron chi connectivity index (χ3n) is 3.39. The van der Waals surface area contributed by atoms with E-state index in [1.54, 1.807) is 6.26 Å². The van der Waals surface area contributed by atoms with Gasteiger partial charge in [0.25, 0.3) is 0 Å². The zero-order chi connectivity index (χ0) is 13.7. The molecule has 0 aliphatic heterocycles. The summed E-state index contributed by atoms with van der Waals surface area (Å²) in [6.45, 7) is 5.35. The first-order chi connectivity index (χ1) is 9.22. The Morgan fingerprint density at radius 1 is 1.26 bits per heavy atom. The lowest BCUT2D eigenvalue weighted by atomic mass is 9.99. The highest BCUT2D eigenvalue weighted by molar-refractivity contribution is 5.29. The summed E-state index contributed by atoms with van der Waals surface area (Å²) in [6.07, 6.45) is 2.82. The van der Waals surface area contributed by atoms with E-state index >= 15 is 0 Å². The monoisotopic (exact) mass is 259 g/mol. The Morgan fingerprint density at radius 3 is 2.58 bits per heavy atom. The second-order valence-electron chi connectivity index (χ2n) is 4.79. The molecule has 3 heteroatoms. The normalized spacial score (nSPS) is 12.4. The number of nitrogens with two attached hydrogens (primary N) is 1. The average molecular weight is 259 g/mol. The lowest BCUT2D eigenvalue weighted by Crippen LogP contribution is -1.96. The van der Waals surface area contributed by atoms with E-state index in [2.05, 4.69) is 26.0 Å². The zero-order valence-electron chi connectivity index (χ0n) is 11.6. The summed E-state index contributed by atoms with van der Waals surface area (Å²) in [7, 11) is 0. The van der Waals surface area contributed by atoms with Crippen molar-refractivity contribution in [3.63, 3.8) is 0 Å². The molecule has 1 aromatic carbocycles. The van der Waals surface area contributed by atoms with Crippen LogP contribution < -0.4 is 10.5 Å². The predicted molar refractivity (Wildman–Crippen MR) is 76.1 cm³/mol. The van der Waals surface area contributed by atoms with Crippen LogP contribution in [0, 0.1) is 0 Å². The van der Waals surface area contributed by atoms with Crippen LogP contribution in [0.15, 0.2) is 41.0 Å². The smallest absolute Gasteiger partial charge is 0.146 e. The molecule has 0 spiro atoms. The fourth-order valence-corrected chi connectivity index (χ4v) is 1.89. The maximum absolute atomic E-state index is 5.68. The third-order valence-corrected chi connectivity index (χ3v) is 3.39. The van der Waals surface area contributed by atoms with Crippen LogP contribution in [-0.2, 0) is 13.2 Å². The molecular formula is C16H21NO2. The van der Waals surface area contributed by atoms with Gasteiger partial charge in [-0.1, -0.05) is 26.0 Å². The molecule has 19 heavy (non-hydrogen) atoms. The van der Waals surface area contributed by atoms with E-state index in [0.717, 1.165) is 23.5 Å². The van der Waals surface area contributed by atoms with Gasteiger partial charge in [0.1, 0.15) is 18.1 Å². The molecule has 0 saturated carbocycles. The number of hydrogen-bond donors (Lipinski definition) is 1. The molecule has 0 bridgehead atoms. The Labute approximate surface area is 114 Å². The minimum Gasteiger partial charge on any atom is -0.486 e. The molecule has 3 nitrogen and oxygen atoms in total. The molecular weight excluding hydrogens is 238 g/mol. The van der Waals surface area contributed by atoms with Gasteiger partial charge in [-0.05, 0) is 36.1 Å². The number of rotatable bonds is 6. The van der Waals surface area contributed by atoms with Crippen LogP contribution in [0.2, 0.25) is 0 Å². The molecule has 1 unspecified atom stereocenters. The van der Waals surface area contributed by atoms with Crippen molar-refractivity contribution >= 4 is 0 Å². The van der Waals surface area contributed by atoms with Crippen molar-refractivity contribution in [3.8, 4) is 5.75 Å². The lowest BCUT2D eigenvalue weighted by molar-refractivity contribution is 0.270. The minimum atomic E-state index is 0.433. The largest absolute Gasteiger partial charge is 0.486 e. The highest BCUT2D eigenvalue weighted by atomic mass is 16.5. The van der Waals surface area contributed by atoms with Gasteiger partial charge in [-0.2, -0.15) is 0 Å². The van der Waals surface area contributed by atoms with E-state index < -0.39 is 0 Å². The maximum atomic E-state index is 5.68. The molecule has 0 aliphatic carbocycles. The molecule has 1 aromatic heterocycles. The summed E-state index contributed by atoms with van der Waals surface area (Å²) in [5, 5.41) is 0. The molecule has 0 saturated heterocycles. The van der Waals surface area contributed by atoms with E-state index in [0.29, 0.717) is 19.1 Å². The van der Waals surface area contributed by atoms with Crippen LogP contribution >= 0.6 is 0 Å². The average Bonchev–Trinajstić information content (AvgIpc) is 2.93. The number of furan rings is 1. The molecule has 0 radical (unpaired) electrons. The summed E-state index contributed by atoms with van der Waals surface area (Å²) in [4.78, 5) is 0. The zero-order valence-corrected chi connectivity index (χ0v) is 11.6. The molecule has 2 rings (SSSR count). The van der Waals surface area contributed by atoms with Crippen molar-refractivity contribution in [1.29, 1.82) is 0 Å². The van der Waals surface area contributed by atoms with E-state index in [4.69, 9.17) is 14.9 Å². The maximum Gasteiger partial charge on any atom is 0.146 e. The van der Waals surface area contributed by atoms with Crippen LogP contribution in [0.4, 0.5) is 0 Å². The molecule has 1 heterocycles. The predicted octanol–water partition coefficient (Wildman–Crippen LogP) is 3.83.